The number of nitrogens with one attached hydrogen (secondary N) is 3. The van der Waals surface area contributed by atoms with Gasteiger partial charge in [0.05, 0.1) is 6.54 Å². The lowest BCUT2D eigenvalue weighted by molar-refractivity contribution is -0.126. The third-order valence-corrected chi connectivity index (χ3v) is 5.44. The second-order valence-electron chi connectivity index (χ2n) is 7.46. The smallest absolute Gasteiger partial charge is 0.239 e. The first-order chi connectivity index (χ1) is 11.7. The molecule has 0 spiro atoms. The van der Waals surface area contributed by atoms with Gasteiger partial charge in [0, 0.05) is 25.6 Å². The van der Waals surface area contributed by atoms with E-state index in [1.165, 1.54) is 64.2 Å². The van der Waals surface area contributed by atoms with Gasteiger partial charge in [-0.2, -0.15) is 0 Å². The summed E-state index contributed by atoms with van der Waals surface area (Å²) in [6.07, 6.45) is 14.5. The molecule has 2 aliphatic carbocycles. The van der Waals surface area contributed by atoms with Gasteiger partial charge in [0.15, 0.2) is 0 Å². The summed E-state index contributed by atoms with van der Waals surface area (Å²) >= 11 is 0. The van der Waals surface area contributed by atoms with Crippen molar-refractivity contribution in [3.8, 4) is 0 Å². The Morgan fingerprint density at radius 3 is 2.12 bits per heavy atom. The lowest BCUT2D eigenvalue weighted by Crippen LogP contribution is -2.41. The molecule has 2 amide bonds. The van der Waals surface area contributed by atoms with Crippen molar-refractivity contribution < 1.29 is 9.59 Å². The topological polar surface area (TPSA) is 70.2 Å². The fourth-order valence-electron chi connectivity index (χ4n) is 3.93. The standard InChI is InChI=1S/C19H35N3O2/c23-18(12-11-16-7-5-6-8-16)22-15-19(24)21-14-13-20-17-9-3-1-2-4-10-17/h16-17,20H,1-15H2,(H,21,24)(H,22,23). The molecule has 138 valence electrons. The van der Waals surface area contributed by atoms with Gasteiger partial charge in [-0.1, -0.05) is 51.4 Å². The largest absolute Gasteiger partial charge is 0.353 e. The predicted molar refractivity (Wildman–Crippen MR) is 96.7 cm³/mol. The van der Waals surface area contributed by atoms with Crippen LogP contribution < -0.4 is 16.0 Å². The Balaban J connectivity index is 1.44. The molecular formula is C19H35N3O2. The van der Waals surface area contributed by atoms with Crippen molar-refractivity contribution in [3.05, 3.63) is 0 Å². The monoisotopic (exact) mass is 337 g/mol. The van der Waals surface area contributed by atoms with Gasteiger partial charge in [-0.3, -0.25) is 9.59 Å². The first kappa shape index (κ1) is 19.2. The molecule has 0 heterocycles. The van der Waals surface area contributed by atoms with Gasteiger partial charge < -0.3 is 16.0 Å². The van der Waals surface area contributed by atoms with Crippen molar-refractivity contribution in [2.75, 3.05) is 19.6 Å². The van der Waals surface area contributed by atoms with Crippen LogP contribution in [0.4, 0.5) is 0 Å². The number of carbonyl (C=O) groups excluding carboxylic acids is 2. The summed E-state index contributed by atoms with van der Waals surface area (Å²) in [5.74, 6) is 0.639. The van der Waals surface area contributed by atoms with Crippen LogP contribution in [0.5, 0.6) is 0 Å². The van der Waals surface area contributed by atoms with E-state index >= 15 is 0 Å². The van der Waals surface area contributed by atoms with Crippen LogP contribution >= 0.6 is 0 Å². The molecule has 0 aromatic heterocycles. The van der Waals surface area contributed by atoms with Crippen LogP contribution in [0, 0.1) is 5.92 Å². The molecule has 0 saturated heterocycles. The number of hydrogen-bond acceptors (Lipinski definition) is 3. The average molecular weight is 338 g/mol. The number of hydrogen-bond donors (Lipinski definition) is 3. The highest BCUT2D eigenvalue weighted by Crippen LogP contribution is 2.28. The molecule has 2 aliphatic rings. The van der Waals surface area contributed by atoms with Crippen LogP contribution in [0.15, 0.2) is 0 Å². The molecule has 0 bridgehead atoms. The molecular weight excluding hydrogens is 302 g/mol. The van der Waals surface area contributed by atoms with E-state index in [0.29, 0.717) is 19.0 Å². The van der Waals surface area contributed by atoms with Crippen LogP contribution in [0.25, 0.3) is 0 Å². The second-order valence-corrected chi connectivity index (χ2v) is 7.46. The lowest BCUT2D eigenvalue weighted by atomic mass is 10.0. The first-order valence-corrected chi connectivity index (χ1v) is 10.0. The normalized spacial score (nSPS) is 19.8. The van der Waals surface area contributed by atoms with Gasteiger partial charge in [-0.25, -0.2) is 0 Å². The average Bonchev–Trinajstić information content (AvgIpc) is 2.97. The Morgan fingerprint density at radius 2 is 1.42 bits per heavy atom. The minimum atomic E-state index is -0.0908. The molecule has 0 radical (unpaired) electrons. The van der Waals surface area contributed by atoms with E-state index in [2.05, 4.69) is 16.0 Å². The maximum absolute atomic E-state index is 11.8. The third-order valence-electron chi connectivity index (χ3n) is 5.44. The molecule has 5 nitrogen and oxygen atoms in total. The third kappa shape index (κ3) is 8.13. The molecule has 2 rings (SSSR count). The molecule has 0 aromatic carbocycles. The van der Waals surface area contributed by atoms with Crippen LogP contribution in [0.3, 0.4) is 0 Å². The van der Waals surface area contributed by atoms with Crippen molar-refractivity contribution >= 4 is 11.8 Å². The lowest BCUT2D eigenvalue weighted by Gasteiger charge is -2.16. The summed E-state index contributed by atoms with van der Waals surface area (Å²) in [4.78, 5) is 23.5. The highest BCUT2D eigenvalue weighted by atomic mass is 16.2. The van der Waals surface area contributed by atoms with Gasteiger partial charge in [-0.15, -0.1) is 0 Å². The van der Waals surface area contributed by atoms with E-state index in [4.69, 9.17) is 0 Å². The maximum atomic E-state index is 11.8. The Labute approximate surface area is 146 Å². The van der Waals surface area contributed by atoms with Gasteiger partial charge >= 0.3 is 0 Å². The number of carbonyl (C=O) groups is 2. The van der Waals surface area contributed by atoms with E-state index < -0.39 is 0 Å². The fourth-order valence-corrected chi connectivity index (χ4v) is 3.93. The van der Waals surface area contributed by atoms with Crippen molar-refractivity contribution in [1.29, 1.82) is 0 Å². The minimum absolute atomic E-state index is 0.00799. The van der Waals surface area contributed by atoms with Crippen LogP contribution in [0.1, 0.15) is 77.0 Å². The van der Waals surface area contributed by atoms with Gasteiger partial charge in [-0.05, 0) is 25.2 Å². The zero-order valence-electron chi connectivity index (χ0n) is 15.1. The van der Waals surface area contributed by atoms with Crippen LogP contribution in [-0.2, 0) is 9.59 Å². The van der Waals surface area contributed by atoms with E-state index in [1.807, 2.05) is 0 Å². The van der Waals surface area contributed by atoms with E-state index in [9.17, 15) is 9.59 Å². The summed E-state index contributed by atoms with van der Waals surface area (Å²) < 4.78 is 0. The second kappa shape index (κ2) is 11.5. The van der Waals surface area contributed by atoms with Gasteiger partial charge in [0.1, 0.15) is 0 Å². The van der Waals surface area contributed by atoms with Crippen LogP contribution in [-0.4, -0.2) is 37.5 Å². The summed E-state index contributed by atoms with van der Waals surface area (Å²) in [7, 11) is 0. The Bertz CT molecular complexity index is 373. The molecule has 24 heavy (non-hydrogen) atoms. The first-order valence-electron chi connectivity index (χ1n) is 10.0. The van der Waals surface area contributed by atoms with Crippen molar-refractivity contribution in [1.82, 2.24) is 16.0 Å². The van der Waals surface area contributed by atoms with Crippen molar-refractivity contribution in [2.45, 2.75) is 83.1 Å². The quantitative estimate of drug-likeness (QED) is 0.447. The Hall–Kier alpha value is -1.10. The zero-order valence-corrected chi connectivity index (χ0v) is 15.1. The fraction of sp³-hybridized carbons (Fsp3) is 0.895. The SMILES string of the molecule is O=C(CCC1CCCC1)NCC(=O)NCCNC1CCCCCC1. The minimum Gasteiger partial charge on any atom is -0.353 e. The van der Waals surface area contributed by atoms with E-state index in [0.717, 1.165) is 18.9 Å². The van der Waals surface area contributed by atoms with Crippen molar-refractivity contribution in [3.63, 3.8) is 0 Å². The zero-order chi connectivity index (χ0) is 17.0. The highest BCUT2D eigenvalue weighted by Gasteiger charge is 2.16. The molecule has 2 saturated carbocycles. The van der Waals surface area contributed by atoms with Gasteiger partial charge in [0.2, 0.25) is 11.8 Å². The summed E-state index contributed by atoms with van der Waals surface area (Å²) in [6.45, 7) is 1.55. The number of amides is 2. The summed E-state index contributed by atoms with van der Waals surface area (Å²) in [5, 5.41) is 9.14. The highest BCUT2D eigenvalue weighted by molar-refractivity contribution is 5.84. The van der Waals surface area contributed by atoms with E-state index in [1.54, 1.807) is 0 Å². The molecule has 0 atom stereocenters. The molecule has 0 aromatic rings. The number of rotatable bonds is 9. The summed E-state index contributed by atoms with van der Waals surface area (Å²) in [5.41, 5.74) is 0. The predicted octanol–water partition coefficient (Wildman–Crippen LogP) is 2.50. The van der Waals surface area contributed by atoms with E-state index in [-0.39, 0.29) is 18.4 Å². The Kier molecular flexibility index (Phi) is 9.18. The molecule has 5 heteroatoms. The maximum Gasteiger partial charge on any atom is 0.239 e. The van der Waals surface area contributed by atoms with Crippen molar-refractivity contribution in [2.24, 2.45) is 5.92 Å². The van der Waals surface area contributed by atoms with Gasteiger partial charge in [0.25, 0.3) is 0 Å². The molecule has 2 fully saturated rings. The summed E-state index contributed by atoms with van der Waals surface area (Å²) in [6, 6.07) is 0.611. The Morgan fingerprint density at radius 1 is 0.750 bits per heavy atom. The molecule has 0 unspecified atom stereocenters. The van der Waals surface area contributed by atoms with Crippen LogP contribution in [0.2, 0.25) is 0 Å². The molecule has 3 N–H and O–H groups in total. The molecule has 0 aliphatic heterocycles.